The lowest BCUT2D eigenvalue weighted by atomic mass is 10.00. The van der Waals surface area contributed by atoms with Gasteiger partial charge in [0.15, 0.2) is 0 Å². The summed E-state index contributed by atoms with van der Waals surface area (Å²) in [7, 11) is 0. The van der Waals surface area contributed by atoms with Gasteiger partial charge < -0.3 is 19.8 Å². The molecular weight excluding hydrogens is 384 g/mol. The minimum atomic E-state index is -0.827. The first-order chi connectivity index (χ1) is 14.5. The van der Waals surface area contributed by atoms with Gasteiger partial charge in [0, 0.05) is 31.4 Å². The molecule has 1 unspecified atom stereocenters. The zero-order chi connectivity index (χ0) is 21.8. The molecule has 1 aromatic rings. The molecule has 7 heteroatoms. The molecule has 1 amide bonds. The Bertz CT molecular complexity index is 779. The van der Waals surface area contributed by atoms with Gasteiger partial charge in [0.2, 0.25) is 5.91 Å². The van der Waals surface area contributed by atoms with Crippen LogP contribution in [0.2, 0.25) is 0 Å². The maximum absolute atomic E-state index is 12.3. The molecule has 0 radical (unpaired) electrons. The van der Waals surface area contributed by atoms with E-state index < -0.39 is 12.1 Å². The Morgan fingerprint density at radius 2 is 2.27 bits per heavy atom. The van der Waals surface area contributed by atoms with Crippen molar-refractivity contribution in [3.63, 3.8) is 0 Å². The third-order valence-corrected chi connectivity index (χ3v) is 4.76. The Labute approximate surface area is 177 Å². The van der Waals surface area contributed by atoms with Crippen molar-refractivity contribution < 1.29 is 24.5 Å². The van der Waals surface area contributed by atoms with E-state index in [9.17, 15) is 14.7 Å². The molecule has 7 nitrogen and oxygen atoms in total. The Balaban J connectivity index is 1.88. The van der Waals surface area contributed by atoms with Crippen molar-refractivity contribution in [1.82, 2.24) is 9.88 Å². The van der Waals surface area contributed by atoms with Gasteiger partial charge in [-0.05, 0) is 38.3 Å². The Kier molecular flexibility index (Phi) is 9.88. The van der Waals surface area contributed by atoms with Crippen molar-refractivity contribution in [2.75, 3.05) is 13.2 Å². The Hall–Kier alpha value is -2.85. The molecule has 1 aromatic heterocycles. The van der Waals surface area contributed by atoms with Gasteiger partial charge in [-0.1, -0.05) is 18.1 Å². The van der Waals surface area contributed by atoms with Crippen LogP contribution in [0.4, 0.5) is 0 Å². The highest BCUT2D eigenvalue weighted by atomic mass is 16.5. The van der Waals surface area contributed by atoms with Crippen LogP contribution in [-0.2, 0) is 16.0 Å². The molecule has 0 saturated carbocycles. The number of ether oxygens (including phenoxy) is 1. The maximum Gasteiger partial charge on any atom is 0.303 e. The van der Waals surface area contributed by atoms with E-state index in [4.69, 9.17) is 9.84 Å². The van der Waals surface area contributed by atoms with Crippen molar-refractivity contribution in [1.29, 1.82) is 0 Å². The van der Waals surface area contributed by atoms with Crippen molar-refractivity contribution in [2.24, 2.45) is 0 Å². The molecule has 0 spiro atoms. The predicted molar refractivity (Wildman–Crippen MR) is 113 cm³/mol. The number of aliphatic hydroxyl groups excluding tert-OH is 1. The molecular formula is C23H30N2O5. The molecule has 2 atom stereocenters. The number of likely N-dealkylation sites (tertiary alicyclic amines) is 1. The Morgan fingerprint density at radius 1 is 1.43 bits per heavy atom. The highest BCUT2D eigenvalue weighted by molar-refractivity contribution is 5.78. The fraction of sp³-hybridized carbons (Fsp3) is 0.522. The number of aliphatic hydroxyl groups is 1. The molecule has 2 rings (SSSR count). The van der Waals surface area contributed by atoms with E-state index in [0.717, 1.165) is 18.5 Å². The first kappa shape index (κ1) is 23.4. The van der Waals surface area contributed by atoms with E-state index in [-0.39, 0.29) is 18.4 Å². The van der Waals surface area contributed by atoms with Crippen LogP contribution in [0.25, 0.3) is 0 Å². The molecule has 2 N–H and O–H groups in total. The van der Waals surface area contributed by atoms with Crippen LogP contribution >= 0.6 is 0 Å². The minimum absolute atomic E-state index is 0.0541. The summed E-state index contributed by atoms with van der Waals surface area (Å²) in [5.41, 5.74) is 0.763. The molecule has 0 aromatic carbocycles. The van der Waals surface area contributed by atoms with Crippen molar-refractivity contribution in [3.8, 4) is 17.6 Å². The second kappa shape index (κ2) is 12.7. The number of amides is 1. The van der Waals surface area contributed by atoms with Gasteiger partial charge in [0.25, 0.3) is 0 Å². The Morgan fingerprint density at radius 3 is 2.97 bits per heavy atom. The number of unbranched alkanes of at least 4 members (excludes halogenated alkanes) is 1. The van der Waals surface area contributed by atoms with Crippen molar-refractivity contribution in [2.45, 2.75) is 64.0 Å². The summed E-state index contributed by atoms with van der Waals surface area (Å²) in [6, 6.07) is 3.57. The summed E-state index contributed by atoms with van der Waals surface area (Å²) in [6.07, 6.45) is 8.18. The van der Waals surface area contributed by atoms with Gasteiger partial charge in [-0.3, -0.25) is 14.6 Å². The summed E-state index contributed by atoms with van der Waals surface area (Å²) in [6.45, 7) is 2.81. The van der Waals surface area contributed by atoms with Crippen LogP contribution in [0.1, 0.15) is 51.1 Å². The number of nitrogens with zero attached hydrogens (tertiary/aromatic N) is 2. The fourth-order valence-electron chi connectivity index (χ4n) is 3.23. The molecule has 1 aliphatic rings. The monoisotopic (exact) mass is 414 g/mol. The molecule has 30 heavy (non-hydrogen) atoms. The predicted octanol–water partition coefficient (Wildman–Crippen LogP) is 2.58. The normalized spacial score (nSPS) is 17.5. The van der Waals surface area contributed by atoms with E-state index in [0.29, 0.717) is 44.6 Å². The number of carbonyl (C=O) groups is 2. The van der Waals surface area contributed by atoms with Gasteiger partial charge >= 0.3 is 5.97 Å². The molecule has 0 aliphatic carbocycles. The van der Waals surface area contributed by atoms with Crippen LogP contribution in [0.3, 0.4) is 0 Å². The number of hydrogen-bond donors (Lipinski definition) is 2. The molecule has 2 heterocycles. The lowest BCUT2D eigenvalue weighted by molar-refractivity contribution is -0.137. The topological polar surface area (TPSA) is 100.0 Å². The first-order valence-corrected chi connectivity index (χ1v) is 10.4. The van der Waals surface area contributed by atoms with Crippen LogP contribution in [0.15, 0.2) is 30.5 Å². The zero-order valence-electron chi connectivity index (χ0n) is 17.4. The third kappa shape index (κ3) is 8.26. The summed E-state index contributed by atoms with van der Waals surface area (Å²) < 4.78 is 5.37. The number of carbonyl (C=O) groups excluding carboxylic acids is 1. The molecule has 0 bridgehead atoms. The zero-order valence-corrected chi connectivity index (χ0v) is 17.4. The van der Waals surface area contributed by atoms with E-state index in [1.807, 2.05) is 25.1 Å². The minimum Gasteiger partial charge on any atom is -0.492 e. The number of aromatic nitrogens is 1. The average molecular weight is 415 g/mol. The number of aliphatic carboxylic acids is 1. The average Bonchev–Trinajstić information content (AvgIpc) is 2.71. The van der Waals surface area contributed by atoms with Crippen molar-refractivity contribution in [3.05, 3.63) is 36.2 Å². The highest BCUT2D eigenvalue weighted by Gasteiger charge is 2.25. The van der Waals surface area contributed by atoms with Gasteiger partial charge in [-0.2, -0.15) is 0 Å². The number of carboxylic acid groups (broad SMARTS) is 1. The van der Waals surface area contributed by atoms with Gasteiger partial charge in [-0.15, -0.1) is 5.92 Å². The maximum atomic E-state index is 12.3. The second-order valence-electron chi connectivity index (χ2n) is 7.16. The van der Waals surface area contributed by atoms with E-state index in [1.54, 1.807) is 17.2 Å². The van der Waals surface area contributed by atoms with Gasteiger partial charge in [-0.25, -0.2) is 0 Å². The van der Waals surface area contributed by atoms with Crippen LogP contribution in [0.5, 0.6) is 5.75 Å². The smallest absolute Gasteiger partial charge is 0.303 e. The summed E-state index contributed by atoms with van der Waals surface area (Å²) in [5, 5.41) is 19.0. The van der Waals surface area contributed by atoms with Crippen LogP contribution < -0.4 is 4.74 Å². The van der Waals surface area contributed by atoms with Gasteiger partial charge in [0.05, 0.1) is 31.5 Å². The van der Waals surface area contributed by atoms with E-state index in [1.165, 1.54) is 0 Å². The summed E-state index contributed by atoms with van der Waals surface area (Å²) >= 11 is 0. The fourth-order valence-corrected chi connectivity index (χ4v) is 3.23. The summed E-state index contributed by atoms with van der Waals surface area (Å²) in [5.74, 6) is 5.85. The standard InChI is InChI=1S/C23H30N2O5/c1-2-30-21-14-11-18(24-17-21)16-20(26)13-12-19-8-7-9-22(27)25(19)15-6-4-3-5-10-23(28)29/h11-14,17,19-20,26H,2-3,5,7-10,15-16H2,1H3,(H,28,29)/b13-12+/t19-,20?/m1/s1. The first-order valence-electron chi connectivity index (χ1n) is 10.4. The van der Waals surface area contributed by atoms with E-state index >= 15 is 0 Å². The third-order valence-electron chi connectivity index (χ3n) is 4.76. The van der Waals surface area contributed by atoms with Crippen LogP contribution in [0, 0.1) is 11.8 Å². The lowest BCUT2D eigenvalue weighted by Gasteiger charge is -2.32. The number of rotatable bonds is 10. The van der Waals surface area contributed by atoms with E-state index in [2.05, 4.69) is 16.8 Å². The van der Waals surface area contributed by atoms with Crippen molar-refractivity contribution >= 4 is 11.9 Å². The molecule has 1 fully saturated rings. The second-order valence-corrected chi connectivity index (χ2v) is 7.16. The van der Waals surface area contributed by atoms with Crippen LogP contribution in [-0.4, -0.2) is 57.3 Å². The number of hydrogen-bond acceptors (Lipinski definition) is 5. The van der Waals surface area contributed by atoms with Gasteiger partial charge in [0.1, 0.15) is 5.75 Å². The molecule has 1 aliphatic heterocycles. The summed E-state index contributed by atoms with van der Waals surface area (Å²) in [4.78, 5) is 28.8. The number of carboxylic acids is 1. The largest absolute Gasteiger partial charge is 0.492 e. The SMILES string of the molecule is CCOc1ccc(CC(O)/C=C/[C@H]2CCCC(=O)N2CC#CCCCC(=O)O)nc1. The molecule has 162 valence electrons. The highest BCUT2D eigenvalue weighted by Crippen LogP contribution is 2.19. The lowest BCUT2D eigenvalue weighted by Crippen LogP contribution is -2.42. The molecule has 1 saturated heterocycles. The number of pyridine rings is 1. The quantitative estimate of drug-likeness (QED) is 0.347. The number of piperidine rings is 1.